The van der Waals surface area contributed by atoms with Crippen LogP contribution in [0.25, 0.3) is 0 Å². The second kappa shape index (κ2) is 7.49. The molecule has 68 valence electrons. The van der Waals surface area contributed by atoms with E-state index >= 15 is 0 Å². The molecule has 2 atom stereocenters. The van der Waals surface area contributed by atoms with Gasteiger partial charge < -0.3 is 14.2 Å². The lowest BCUT2D eigenvalue weighted by Gasteiger charge is -2.17. The molecule has 0 bridgehead atoms. The van der Waals surface area contributed by atoms with Gasteiger partial charge in [0.25, 0.3) is 0 Å². The Morgan fingerprint density at radius 3 is 1.64 bits per heavy atom. The second-order valence-electron chi connectivity index (χ2n) is 1.82. The van der Waals surface area contributed by atoms with Gasteiger partial charge in [-0.15, -0.1) is 0 Å². The molecule has 0 radical (unpaired) electrons. The molecule has 0 saturated carbocycles. The van der Waals surface area contributed by atoms with Gasteiger partial charge in [-0.1, -0.05) is 31.9 Å². The van der Waals surface area contributed by atoms with Crippen LogP contribution in [0.15, 0.2) is 0 Å². The van der Waals surface area contributed by atoms with E-state index in [1.807, 2.05) is 13.8 Å². The Balaban J connectivity index is 3.32. The van der Waals surface area contributed by atoms with E-state index in [1.54, 1.807) is 0 Å². The van der Waals surface area contributed by atoms with E-state index in [9.17, 15) is 0 Å². The van der Waals surface area contributed by atoms with Gasteiger partial charge in [-0.25, -0.2) is 0 Å². The summed E-state index contributed by atoms with van der Waals surface area (Å²) < 4.78 is 15.3. The highest BCUT2D eigenvalue weighted by atomic mass is 79.9. The van der Waals surface area contributed by atoms with E-state index in [4.69, 9.17) is 14.2 Å². The SMILES string of the molecule is CC(OCBr)OC(C)OCBr. The quantitative estimate of drug-likeness (QED) is 0.556. The summed E-state index contributed by atoms with van der Waals surface area (Å²) in [6, 6.07) is 0. The lowest BCUT2D eigenvalue weighted by atomic mass is 10.7. The Hall–Kier alpha value is 0.840. The van der Waals surface area contributed by atoms with E-state index in [0.717, 1.165) is 0 Å². The molecule has 0 fully saturated rings. The van der Waals surface area contributed by atoms with E-state index in [2.05, 4.69) is 31.9 Å². The van der Waals surface area contributed by atoms with Gasteiger partial charge in [0.15, 0.2) is 12.6 Å². The summed E-state index contributed by atoms with van der Waals surface area (Å²) in [5, 5.41) is 0. The van der Waals surface area contributed by atoms with Gasteiger partial charge in [-0.05, 0) is 13.8 Å². The van der Waals surface area contributed by atoms with Crippen molar-refractivity contribution in [1.29, 1.82) is 0 Å². The van der Waals surface area contributed by atoms with Gasteiger partial charge in [0.1, 0.15) is 11.0 Å². The van der Waals surface area contributed by atoms with E-state index in [1.165, 1.54) is 0 Å². The van der Waals surface area contributed by atoms with Gasteiger partial charge in [-0.3, -0.25) is 0 Å². The number of rotatable bonds is 6. The monoisotopic (exact) mass is 290 g/mol. The first-order chi connectivity index (χ1) is 5.20. The van der Waals surface area contributed by atoms with Crippen LogP contribution in [0.3, 0.4) is 0 Å². The van der Waals surface area contributed by atoms with Crippen LogP contribution in [-0.4, -0.2) is 23.6 Å². The van der Waals surface area contributed by atoms with Gasteiger partial charge in [-0.2, -0.15) is 0 Å². The Labute approximate surface area is 83.6 Å². The maximum absolute atomic E-state index is 5.23. The minimum absolute atomic E-state index is 0.247. The molecule has 5 heteroatoms. The molecule has 0 rings (SSSR count). The molecule has 0 aromatic carbocycles. The van der Waals surface area contributed by atoms with Crippen LogP contribution in [0, 0.1) is 0 Å². The Morgan fingerprint density at radius 1 is 1.00 bits per heavy atom. The van der Waals surface area contributed by atoms with Crippen molar-refractivity contribution in [2.75, 3.05) is 11.0 Å². The van der Waals surface area contributed by atoms with Gasteiger partial charge >= 0.3 is 0 Å². The Morgan fingerprint density at radius 2 is 1.36 bits per heavy atom. The standard InChI is InChI=1S/C6H12Br2O3/c1-5(9-3-7)11-6(2)10-4-8/h5-6H,3-4H2,1-2H3. The van der Waals surface area contributed by atoms with Crippen molar-refractivity contribution in [3.8, 4) is 0 Å². The van der Waals surface area contributed by atoms with Crippen LogP contribution in [0.1, 0.15) is 13.8 Å². The van der Waals surface area contributed by atoms with E-state index in [-0.39, 0.29) is 12.6 Å². The highest BCUT2D eigenvalue weighted by Crippen LogP contribution is 2.03. The minimum atomic E-state index is -0.247. The largest absolute Gasteiger partial charge is 0.342 e. The van der Waals surface area contributed by atoms with Crippen molar-refractivity contribution < 1.29 is 14.2 Å². The number of hydrogen-bond acceptors (Lipinski definition) is 3. The molecule has 0 aliphatic carbocycles. The fourth-order valence-corrected chi connectivity index (χ4v) is 1.27. The predicted molar refractivity (Wildman–Crippen MR) is 49.8 cm³/mol. The summed E-state index contributed by atoms with van der Waals surface area (Å²) in [4.78, 5) is 0. The molecule has 11 heavy (non-hydrogen) atoms. The third-order valence-electron chi connectivity index (χ3n) is 0.979. The molecule has 0 aromatic rings. The van der Waals surface area contributed by atoms with E-state index < -0.39 is 0 Å². The first kappa shape index (κ1) is 11.8. The fourth-order valence-electron chi connectivity index (χ4n) is 0.526. The minimum Gasteiger partial charge on any atom is -0.342 e. The first-order valence-corrected chi connectivity index (χ1v) is 5.45. The van der Waals surface area contributed by atoms with Crippen LogP contribution in [0.5, 0.6) is 0 Å². The van der Waals surface area contributed by atoms with Crippen LogP contribution in [0.4, 0.5) is 0 Å². The summed E-state index contributed by atoms with van der Waals surface area (Å²) in [7, 11) is 0. The van der Waals surface area contributed by atoms with Gasteiger partial charge in [0.2, 0.25) is 0 Å². The molecule has 0 saturated heterocycles. The molecular formula is C6H12Br2O3. The number of halogens is 2. The molecular weight excluding hydrogens is 280 g/mol. The number of hydrogen-bond donors (Lipinski definition) is 0. The summed E-state index contributed by atoms with van der Waals surface area (Å²) in [5.41, 5.74) is 0.935. The third kappa shape index (κ3) is 7.21. The van der Waals surface area contributed by atoms with E-state index in [0.29, 0.717) is 11.0 Å². The van der Waals surface area contributed by atoms with Crippen LogP contribution >= 0.6 is 31.9 Å². The molecule has 0 aliphatic heterocycles. The van der Waals surface area contributed by atoms with Crippen molar-refractivity contribution in [1.82, 2.24) is 0 Å². The normalized spacial score (nSPS) is 16.4. The average Bonchev–Trinajstić information content (AvgIpc) is 1.87. The molecule has 0 aromatic heterocycles. The summed E-state index contributed by atoms with van der Waals surface area (Å²) in [6.07, 6.45) is -0.494. The second-order valence-corrected chi connectivity index (χ2v) is 2.74. The highest BCUT2D eigenvalue weighted by molar-refractivity contribution is 9.09. The molecule has 0 aliphatic rings. The molecule has 0 spiro atoms. The topological polar surface area (TPSA) is 27.7 Å². The fraction of sp³-hybridized carbons (Fsp3) is 1.00. The van der Waals surface area contributed by atoms with Crippen LogP contribution in [0.2, 0.25) is 0 Å². The molecule has 0 heterocycles. The molecule has 0 N–H and O–H groups in total. The number of ether oxygens (including phenoxy) is 3. The molecule has 0 amide bonds. The first-order valence-electron chi connectivity index (χ1n) is 3.21. The summed E-state index contributed by atoms with van der Waals surface area (Å²) >= 11 is 6.25. The van der Waals surface area contributed by atoms with Gasteiger partial charge in [0, 0.05) is 0 Å². The average molecular weight is 292 g/mol. The van der Waals surface area contributed by atoms with Crippen LogP contribution in [-0.2, 0) is 14.2 Å². The molecule has 2 unspecified atom stereocenters. The van der Waals surface area contributed by atoms with Gasteiger partial charge in [0.05, 0.1) is 0 Å². The lowest BCUT2D eigenvalue weighted by molar-refractivity contribution is -0.217. The zero-order valence-corrected chi connectivity index (χ0v) is 9.72. The Bertz CT molecular complexity index is 81.9. The maximum atomic E-state index is 5.23. The summed E-state index contributed by atoms with van der Waals surface area (Å²) in [5.74, 6) is 0. The predicted octanol–water partition coefficient (Wildman–Crippen LogP) is 2.43. The van der Waals surface area contributed by atoms with Crippen molar-refractivity contribution in [3.05, 3.63) is 0 Å². The Kier molecular flexibility index (Phi) is 8.06. The smallest absolute Gasteiger partial charge is 0.159 e. The zero-order valence-electron chi connectivity index (χ0n) is 6.55. The molecule has 3 nitrogen and oxygen atoms in total. The highest BCUT2D eigenvalue weighted by Gasteiger charge is 2.07. The maximum Gasteiger partial charge on any atom is 0.159 e. The zero-order chi connectivity index (χ0) is 8.69. The van der Waals surface area contributed by atoms with Crippen molar-refractivity contribution in [3.63, 3.8) is 0 Å². The van der Waals surface area contributed by atoms with Crippen molar-refractivity contribution in [2.45, 2.75) is 26.4 Å². The van der Waals surface area contributed by atoms with Crippen molar-refractivity contribution in [2.24, 2.45) is 0 Å². The third-order valence-corrected chi connectivity index (χ3v) is 1.51. The lowest BCUT2D eigenvalue weighted by Crippen LogP contribution is -2.21. The van der Waals surface area contributed by atoms with Crippen LogP contribution < -0.4 is 0 Å². The summed E-state index contributed by atoms with van der Waals surface area (Å²) in [6.45, 7) is 3.63. The number of alkyl halides is 2. The van der Waals surface area contributed by atoms with Crippen molar-refractivity contribution >= 4 is 31.9 Å².